The molecule has 2 aromatic carbocycles. The first-order valence-corrected chi connectivity index (χ1v) is 10.5. The molecular formula is C21H12ClF2N3O3S2. The number of nitrogens with zero attached hydrogens (tertiary/aromatic N) is 3. The van der Waals surface area contributed by atoms with Gasteiger partial charge < -0.3 is 9.47 Å². The normalized spacial score (nSPS) is 14.9. The average Bonchev–Trinajstić information content (AvgIpc) is 3.04. The maximum Gasteiger partial charge on any atom is 0.270 e. The minimum atomic E-state index is -0.790. The largest absolute Gasteiger partial charge is 0.493 e. The molecule has 32 heavy (non-hydrogen) atoms. The molecule has 0 bridgehead atoms. The highest BCUT2D eigenvalue weighted by molar-refractivity contribution is 8.27. The number of ether oxygens (including phenoxy) is 2. The standard InChI is InChI=1S/C21H12ClF2N3O3S2/c1-29-16-7-11(5-6-15(16)30-18-14(24)10-25-20(22)26-18)8-17-19(28)27(21(31)32-17)13-4-2-3-12(23)9-13/h2-10H,1H3/b17-8+. The van der Waals surface area contributed by atoms with E-state index in [0.717, 1.165) is 18.0 Å². The second kappa shape index (κ2) is 9.19. The number of halogens is 3. The summed E-state index contributed by atoms with van der Waals surface area (Å²) in [7, 11) is 1.42. The highest BCUT2D eigenvalue weighted by Crippen LogP contribution is 2.38. The van der Waals surface area contributed by atoms with Crippen LogP contribution in [-0.2, 0) is 4.79 Å². The van der Waals surface area contributed by atoms with Crippen molar-refractivity contribution >= 4 is 57.6 Å². The molecule has 11 heteroatoms. The Labute approximate surface area is 195 Å². The van der Waals surface area contributed by atoms with E-state index in [4.69, 9.17) is 33.3 Å². The number of hydrogen-bond acceptors (Lipinski definition) is 7. The summed E-state index contributed by atoms with van der Waals surface area (Å²) in [5.41, 5.74) is 0.956. The summed E-state index contributed by atoms with van der Waals surface area (Å²) in [5, 5.41) is -0.169. The van der Waals surface area contributed by atoms with E-state index >= 15 is 0 Å². The van der Waals surface area contributed by atoms with Crippen LogP contribution in [0.4, 0.5) is 14.5 Å². The number of methoxy groups -OCH3 is 1. The highest BCUT2D eigenvalue weighted by atomic mass is 35.5. The number of benzene rings is 2. The topological polar surface area (TPSA) is 64.5 Å². The molecule has 0 spiro atoms. The van der Waals surface area contributed by atoms with E-state index in [2.05, 4.69) is 9.97 Å². The molecule has 1 aliphatic heterocycles. The highest BCUT2D eigenvalue weighted by Gasteiger charge is 2.33. The summed E-state index contributed by atoms with van der Waals surface area (Å²) in [6.45, 7) is 0. The summed E-state index contributed by atoms with van der Waals surface area (Å²) in [6.07, 6.45) is 2.51. The molecule has 1 saturated heterocycles. The molecule has 1 aliphatic rings. The Kier molecular flexibility index (Phi) is 6.35. The van der Waals surface area contributed by atoms with Gasteiger partial charge in [0.15, 0.2) is 15.8 Å². The van der Waals surface area contributed by atoms with Gasteiger partial charge >= 0.3 is 0 Å². The lowest BCUT2D eigenvalue weighted by Gasteiger charge is -2.14. The van der Waals surface area contributed by atoms with Gasteiger partial charge in [-0.2, -0.15) is 9.37 Å². The van der Waals surface area contributed by atoms with Crippen LogP contribution in [0.2, 0.25) is 5.28 Å². The summed E-state index contributed by atoms with van der Waals surface area (Å²) in [4.78, 5) is 21.7. The summed E-state index contributed by atoms with van der Waals surface area (Å²) < 4.78 is 38.5. The first kappa shape index (κ1) is 22.1. The second-order valence-corrected chi connectivity index (χ2v) is 8.32. The third-order valence-electron chi connectivity index (χ3n) is 4.23. The van der Waals surface area contributed by atoms with Crippen LogP contribution in [0.1, 0.15) is 5.56 Å². The minimum Gasteiger partial charge on any atom is -0.493 e. The minimum absolute atomic E-state index is 0.169. The molecule has 4 rings (SSSR count). The molecule has 162 valence electrons. The van der Waals surface area contributed by atoms with Crippen LogP contribution >= 0.6 is 35.6 Å². The SMILES string of the molecule is COc1cc(/C=C2/SC(=S)N(c3cccc(F)c3)C2=O)ccc1Oc1nc(Cl)ncc1F. The van der Waals surface area contributed by atoms with Crippen molar-refractivity contribution in [3.63, 3.8) is 0 Å². The third kappa shape index (κ3) is 4.57. The number of aromatic nitrogens is 2. The fraction of sp³-hybridized carbons (Fsp3) is 0.0476. The first-order chi connectivity index (χ1) is 15.4. The predicted octanol–water partition coefficient (Wildman–Crippen LogP) is 5.61. The van der Waals surface area contributed by atoms with E-state index in [1.165, 1.54) is 36.3 Å². The summed E-state index contributed by atoms with van der Waals surface area (Å²) in [6, 6.07) is 10.4. The van der Waals surface area contributed by atoms with Crippen molar-refractivity contribution in [1.29, 1.82) is 0 Å². The van der Waals surface area contributed by atoms with E-state index in [1.54, 1.807) is 24.3 Å². The van der Waals surface area contributed by atoms with Crippen molar-refractivity contribution in [3.05, 3.63) is 76.0 Å². The van der Waals surface area contributed by atoms with Gasteiger partial charge in [0.1, 0.15) is 5.82 Å². The molecule has 0 saturated carbocycles. The molecule has 1 amide bonds. The van der Waals surface area contributed by atoms with Crippen LogP contribution in [0.3, 0.4) is 0 Å². The van der Waals surface area contributed by atoms with E-state index in [-0.39, 0.29) is 32.9 Å². The van der Waals surface area contributed by atoms with Gasteiger partial charge in [0.25, 0.3) is 11.8 Å². The number of anilines is 1. The Balaban J connectivity index is 1.61. The van der Waals surface area contributed by atoms with E-state index < -0.39 is 11.6 Å². The van der Waals surface area contributed by atoms with Crippen molar-refractivity contribution in [1.82, 2.24) is 9.97 Å². The van der Waals surface area contributed by atoms with Gasteiger partial charge in [0, 0.05) is 0 Å². The van der Waals surface area contributed by atoms with Crippen LogP contribution in [0.15, 0.2) is 53.6 Å². The third-order valence-corrected chi connectivity index (χ3v) is 5.72. The summed E-state index contributed by atoms with van der Waals surface area (Å²) >= 11 is 12.1. The fourth-order valence-electron chi connectivity index (χ4n) is 2.82. The van der Waals surface area contributed by atoms with E-state index in [0.29, 0.717) is 16.2 Å². The Hall–Kier alpha value is -3.08. The molecule has 0 unspecified atom stereocenters. The second-order valence-electron chi connectivity index (χ2n) is 6.30. The van der Waals surface area contributed by atoms with E-state index in [9.17, 15) is 13.6 Å². The lowest BCUT2D eigenvalue weighted by Crippen LogP contribution is -2.27. The Morgan fingerprint density at radius 2 is 2.00 bits per heavy atom. The number of carbonyl (C=O) groups is 1. The van der Waals surface area contributed by atoms with Crippen LogP contribution in [0.25, 0.3) is 6.08 Å². The number of carbonyl (C=O) groups excluding carboxylic acids is 1. The fourth-order valence-corrected chi connectivity index (χ4v) is 4.25. The van der Waals surface area contributed by atoms with Gasteiger partial charge in [0.05, 0.1) is 23.9 Å². The smallest absolute Gasteiger partial charge is 0.270 e. The molecule has 6 nitrogen and oxygen atoms in total. The van der Waals surface area contributed by atoms with Crippen molar-refractivity contribution in [2.24, 2.45) is 0 Å². The number of rotatable bonds is 5. The molecular weight excluding hydrogens is 480 g/mol. The monoisotopic (exact) mass is 491 g/mol. The zero-order chi connectivity index (χ0) is 22.8. The molecule has 1 aromatic heterocycles. The first-order valence-electron chi connectivity index (χ1n) is 8.93. The number of thiocarbonyl (C=S) groups is 1. The van der Waals surface area contributed by atoms with Crippen LogP contribution in [0, 0.1) is 11.6 Å². The Morgan fingerprint density at radius 3 is 2.75 bits per heavy atom. The van der Waals surface area contributed by atoms with Crippen molar-refractivity contribution < 1.29 is 23.0 Å². The quantitative estimate of drug-likeness (QED) is 0.261. The molecule has 0 radical (unpaired) electrons. The van der Waals surface area contributed by atoms with Gasteiger partial charge in [-0.3, -0.25) is 9.69 Å². The van der Waals surface area contributed by atoms with Crippen LogP contribution in [-0.4, -0.2) is 27.3 Å². The van der Waals surface area contributed by atoms with Gasteiger partial charge in [-0.15, -0.1) is 0 Å². The van der Waals surface area contributed by atoms with Crippen molar-refractivity contribution in [3.8, 4) is 17.4 Å². The van der Waals surface area contributed by atoms with Gasteiger partial charge in [-0.05, 0) is 53.6 Å². The van der Waals surface area contributed by atoms with Gasteiger partial charge in [-0.25, -0.2) is 9.37 Å². The number of hydrogen-bond donors (Lipinski definition) is 0. The number of thioether (sulfide) groups is 1. The van der Waals surface area contributed by atoms with Gasteiger partial charge in [0.2, 0.25) is 11.1 Å². The molecule has 1 fully saturated rings. The lowest BCUT2D eigenvalue weighted by atomic mass is 10.2. The average molecular weight is 492 g/mol. The molecule has 0 N–H and O–H groups in total. The van der Waals surface area contributed by atoms with E-state index in [1.807, 2.05) is 0 Å². The zero-order valence-electron chi connectivity index (χ0n) is 16.2. The van der Waals surface area contributed by atoms with Crippen molar-refractivity contribution in [2.45, 2.75) is 0 Å². The molecule has 0 aliphatic carbocycles. The van der Waals surface area contributed by atoms with Crippen molar-refractivity contribution in [2.75, 3.05) is 12.0 Å². The number of amides is 1. The molecule has 3 aromatic rings. The zero-order valence-corrected chi connectivity index (χ0v) is 18.6. The molecule has 0 atom stereocenters. The maximum absolute atomic E-state index is 13.9. The van der Waals surface area contributed by atoms with Crippen LogP contribution in [0.5, 0.6) is 17.4 Å². The Morgan fingerprint density at radius 1 is 1.19 bits per heavy atom. The van der Waals surface area contributed by atoms with Crippen LogP contribution < -0.4 is 14.4 Å². The predicted molar refractivity (Wildman–Crippen MR) is 122 cm³/mol. The summed E-state index contributed by atoms with van der Waals surface area (Å²) in [5.74, 6) is -1.53. The Bertz CT molecular complexity index is 1270. The van der Waals surface area contributed by atoms with Gasteiger partial charge in [-0.1, -0.05) is 36.1 Å². The maximum atomic E-state index is 13.9. The lowest BCUT2D eigenvalue weighted by molar-refractivity contribution is -0.113. The molecule has 2 heterocycles.